The summed E-state index contributed by atoms with van der Waals surface area (Å²) in [7, 11) is 1.77. The lowest BCUT2D eigenvalue weighted by Crippen LogP contribution is -2.44. The van der Waals surface area contributed by atoms with Gasteiger partial charge in [-0.15, -0.1) is 0 Å². The monoisotopic (exact) mass is 226 g/mol. The molecule has 2 aliphatic rings. The number of amides is 1. The third kappa shape index (κ3) is 2.29. The maximum atomic E-state index is 12.0. The molecule has 1 fully saturated rings. The number of nitrogens with two attached hydrogens (primary N) is 1. The molecule has 1 aliphatic heterocycles. The van der Waals surface area contributed by atoms with Gasteiger partial charge in [-0.3, -0.25) is 4.79 Å². The molecule has 0 saturated heterocycles. The Morgan fingerprint density at radius 1 is 1.62 bits per heavy atom. The number of nitrogens with zero attached hydrogens (tertiary/aromatic N) is 1. The number of likely N-dealkylation sites (N-methyl/N-ethyl adjacent to an activating group) is 1. The van der Waals surface area contributed by atoms with Crippen molar-refractivity contribution in [3.05, 3.63) is 12.0 Å². The van der Waals surface area contributed by atoms with Crippen molar-refractivity contribution in [3.63, 3.8) is 0 Å². The molecular weight excluding hydrogens is 208 g/mol. The highest BCUT2D eigenvalue weighted by Gasteiger charge is 2.36. The molecule has 1 atom stereocenters. The van der Waals surface area contributed by atoms with E-state index in [1.54, 1.807) is 11.9 Å². The Balaban J connectivity index is 1.99. The minimum absolute atomic E-state index is 0.124. The molecule has 0 aromatic heterocycles. The van der Waals surface area contributed by atoms with Crippen molar-refractivity contribution in [3.8, 4) is 0 Å². The van der Waals surface area contributed by atoms with Crippen molar-refractivity contribution in [2.75, 3.05) is 26.8 Å². The van der Waals surface area contributed by atoms with Crippen molar-refractivity contribution in [2.45, 2.75) is 18.9 Å². The van der Waals surface area contributed by atoms with Gasteiger partial charge in [0.15, 0.2) is 0 Å². The summed E-state index contributed by atoms with van der Waals surface area (Å²) in [5.41, 5.74) is 5.70. The molecule has 90 valence electrons. The third-order valence-corrected chi connectivity index (χ3v) is 3.09. The van der Waals surface area contributed by atoms with Crippen LogP contribution in [-0.4, -0.2) is 43.7 Å². The quantitative estimate of drug-likeness (QED) is 0.736. The molecule has 5 heteroatoms. The smallest absolute Gasteiger partial charge is 0.292 e. The van der Waals surface area contributed by atoms with E-state index in [0.29, 0.717) is 25.7 Å². The molecule has 1 unspecified atom stereocenters. The second kappa shape index (κ2) is 4.74. The van der Waals surface area contributed by atoms with E-state index in [0.717, 1.165) is 12.8 Å². The Morgan fingerprint density at radius 3 is 2.88 bits per heavy atom. The summed E-state index contributed by atoms with van der Waals surface area (Å²) < 4.78 is 10.3. The van der Waals surface area contributed by atoms with Crippen LogP contribution in [0.1, 0.15) is 12.8 Å². The van der Waals surface area contributed by atoms with Crippen LogP contribution in [0.5, 0.6) is 0 Å². The van der Waals surface area contributed by atoms with Gasteiger partial charge < -0.3 is 20.1 Å². The number of hydrogen-bond donors (Lipinski definition) is 1. The number of carbonyl (C=O) groups is 1. The van der Waals surface area contributed by atoms with E-state index >= 15 is 0 Å². The molecule has 1 amide bonds. The van der Waals surface area contributed by atoms with Crippen LogP contribution in [0.3, 0.4) is 0 Å². The van der Waals surface area contributed by atoms with E-state index < -0.39 is 0 Å². The lowest BCUT2D eigenvalue weighted by Gasteiger charge is -2.28. The summed E-state index contributed by atoms with van der Waals surface area (Å²) in [6, 6.07) is 0.124. The van der Waals surface area contributed by atoms with E-state index in [-0.39, 0.29) is 17.7 Å². The van der Waals surface area contributed by atoms with Crippen LogP contribution in [0.15, 0.2) is 12.0 Å². The summed E-state index contributed by atoms with van der Waals surface area (Å²) in [6.07, 6.45) is 3.72. The van der Waals surface area contributed by atoms with Gasteiger partial charge in [0.25, 0.3) is 5.91 Å². The molecule has 0 aromatic carbocycles. The lowest BCUT2D eigenvalue weighted by atomic mass is 10.1. The molecule has 1 heterocycles. The number of carbonyl (C=O) groups excluding carboxylic acids is 1. The van der Waals surface area contributed by atoms with Gasteiger partial charge in [0.2, 0.25) is 5.76 Å². The van der Waals surface area contributed by atoms with Crippen LogP contribution in [-0.2, 0) is 14.3 Å². The van der Waals surface area contributed by atoms with Gasteiger partial charge in [-0.1, -0.05) is 0 Å². The molecule has 0 spiro atoms. The fraction of sp³-hybridized carbons (Fsp3) is 0.727. The van der Waals surface area contributed by atoms with E-state index in [1.807, 2.05) is 0 Å². The summed E-state index contributed by atoms with van der Waals surface area (Å²) >= 11 is 0. The third-order valence-electron chi connectivity index (χ3n) is 3.09. The zero-order chi connectivity index (χ0) is 11.5. The average Bonchev–Trinajstić information content (AvgIpc) is 3.14. The molecule has 0 bridgehead atoms. The highest BCUT2D eigenvalue weighted by molar-refractivity contribution is 5.91. The molecule has 2 rings (SSSR count). The summed E-state index contributed by atoms with van der Waals surface area (Å²) in [5, 5.41) is 0. The summed E-state index contributed by atoms with van der Waals surface area (Å²) in [6.45, 7) is 1.44. The minimum Gasteiger partial charge on any atom is -0.494 e. The highest BCUT2D eigenvalue weighted by Crippen LogP contribution is 2.34. The molecular formula is C11H18N2O3. The molecule has 1 aliphatic carbocycles. The first-order valence-electron chi connectivity index (χ1n) is 5.66. The van der Waals surface area contributed by atoms with Crippen molar-refractivity contribution in [1.82, 2.24) is 4.90 Å². The van der Waals surface area contributed by atoms with Crippen LogP contribution < -0.4 is 5.73 Å². The predicted octanol–water partition coefficient (Wildman–Crippen LogP) is 0.0703. The fourth-order valence-electron chi connectivity index (χ4n) is 1.95. The first kappa shape index (κ1) is 11.3. The molecule has 1 saturated carbocycles. The topological polar surface area (TPSA) is 64.8 Å². The van der Waals surface area contributed by atoms with Crippen LogP contribution in [0, 0.1) is 5.92 Å². The van der Waals surface area contributed by atoms with Gasteiger partial charge in [0.1, 0.15) is 19.5 Å². The van der Waals surface area contributed by atoms with Crippen LogP contribution in [0.25, 0.3) is 0 Å². The van der Waals surface area contributed by atoms with Gasteiger partial charge in [0, 0.05) is 19.6 Å². The van der Waals surface area contributed by atoms with Crippen LogP contribution in [0.2, 0.25) is 0 Å². The van der Waals surface area contributed by atoms with Crippen molar-refractivity contribution in [1.29, 1.82) is 0 Å². The van der Waals surface area contributed by atoms with Gasteiger partial charge in [0.05, 0.1) is 0 Å². The van der Waals surface area contributed by atoms with Crippen LogP contribution in [0.4, 0.5) is 0 Å². The SMILES string of the molecule is CN(C(=O)C1=COCCO1)C(CN)C1CC1. The molecule has 5 nitrogen and oxygen atoms in total. The van der Waals surface area contributed by atoms with Gasteiger partial charge >= 0.3 is 0 Å². The predicted molar refractivity (Wildman–Crippen MR) is 58.3 cm³/mol. The van der Waals surface area contributed by atoms with Gasteiger partial charge in [-0.2, -0.15) is 0 Å². The molecule has 16 heavy (non-hydrogen) atoms. The summed E-state index contributed by atoms with van der Waals surface area (Å²) in [4.78, 5) is 13.7. The van der Waals surface area contributed by atoms with E-state index in [1.165, 1.54) is 6.26 Å². The molecule has 2 N–H and O–H groups in total. The summed E-state index contributed by atoms with van der Waals surface area (Å²) in [5.74, 6) is 0.707. The van der Waals surface area contributed by atoms with Gasteiger partial charge in [-0.25, -0.2) is 0 Å². The number of hydrogen-bond acceptors (Lipinski definition) is 4. The average molecular weight is 226 g/mol. The van der Waals surface area contributed by atoms with E-state index in [2.05, 4.69) is 0 Å². The molecule has 0 aromatic rings. The Kier molecular flexibility index (Phi) is 3.33. The van der Waals surface area contributed by atoms with Crippen LogP contribution >= 0.6 is 0 Å². The van der Waals surface area contributed by atoms with Crippen molar-refractivity contribution >= 4 is 5.91 Å². The maximum absolute atomic E-state index is 12.0. The first-order valence-corrected chi connectivity index (χ1v) is 5.66. The number of ether oxygens (including phenoxy) is 2. The zero-order valence-corrected chi connectivity index (χ0v) is 9.52. The normalized spacial score (nSPS) is 21.5. The standard InChI is InChI=1S/C11H18N2O3/c1-13(9(6-12)8-2-3-8)11(14)10-7-15-4-5-16-10/h7-9H,2-6,12H2,1H3. The van der Waals surface area contributed by atoms with Crippen molar-refractivity contribution in [2.24, 2.45) is 11.7 Å². The Morgan fingerprint density at radius 2 is 2.38 bits per heavy atom. The molecule has 0 radical (unpaired) electrons. The largest absolute Gasteiger partial charge is 0.494 e. The van der Waals surface area contributed by atoms with Crippen molar-refractivity contribution < 1.29 is 14.3 Å². The fourth-order valence-corrected chi connectivity index (χ4v) is 1.95. The Labute approximate surface area is 95.2 Å². The second-order valence-corrected chi connectivity index (χ2v) is 4.26. The Bertz CT molecular complexity index is 300. The number of rotatable bonds is 4. The Hall–Kier alpha value is -1.23. The maximum Gasteiger partial charge on any atom is 0.292 e. The lowest BCUT2D eigenvalue weighted by molar-refractivity contribution is -0.133. The van der Waals surface area contributed by atoms with E-state index in [4.69, 9.17) is 15.2 Å². The first-order chi connectivity index (χ1) is 7.74. The highest BCUT2D eigenvalue weighted by atomic mass is 16.6. The minimum atomic E-state index is -0.137. The second-order valence-electron chi connectivity index (χ2n) is 4.26. The van der Waals surface area contributed by atoms with E-state index in [9.17, 15) is 4.79 Å². The zero-order valence-electron chi connectivity index (χ0n) is 9.52. The van der Waals surface area contributed by atoms with Gasteiger partial charge in [-0.05, 0) is 18.8 Å².